The number of hydrogen-bond acceptors (Lipinski definition) is 3. The first-order chi connectivity index (χ1) is 7.09. The normalized spacial score (nSPS) is 18.5. The van der Waals surface area contributed by atoms with Gasteiger partial charge in [0.05, 0.1) is 6.08 Å². The van der Waals surface area contributed by atoms with Crippen molar-refractivity contribution >= 4 is 11.9 Å². The van der Waals surface area contributed by atoms with Crippen LogP contribution >= 0.6 is 0 Å². The maximum absolute atomic E-state index is 10.7. The van der Waals surface area contributed by atoms with Gasteiger partial charge in [-0.15, -0.1) is 0 Å². The Labute approximate surface area is 87.8 Å². The minimum absolute atomic E-state index is 0.0976. The number of rotatable bonds is 4. The molecule has 1 aliphatic rings. The molecule has 0 saturated heterocycles. The molecule has 5 heteroatoms. The average Bonchev–Trinajstić information content (AvgIpc) is 2.17. The lowest BCUT2D eigenvalue weighted by Gasteiger charge is -2.23. The molecule has 0 aromatic heterocycles. The molecule has 0 bridgehead atoms. The van der Waals surface area contributed by atoms with E-state index < -0.39 is 11.9 Å². The third-order valence-corrected chi connectivity index (χ3v) is 2.46. The van der Waals surface area contributed by atoms with Crippen molar-refractivity contribution in [2.45, 2.75) is 38.1 Å². The van der Waals surface area contributed by atoms with Gasteiger partial charge >= 0.3 is 11.9 Å². The highest BCUT2D eigenvalue weighted by molar-refractivity contribution is 5.94. The summed E-state index contributed by atoms with van der Waals surface area (Å²) >= 11 is 0. The third-order valence-electron chi connectivity index (χ3n) is 2.46. The standard InChI is InChI=1S/C10H15NO4/c12-9(13)6-8(10(14)15)11-7-4-2-1-3-5-7/h6-7,11H,1-5H2,(H,12,13)(H,14,15)/b8-6+. The molecule has 84 valence electrons. The second kappa shape index (κ2) is 5.38. The Kier molecular flexibility index (Phi) is 4.15. The molecule has 5 nitrogen and oxygen atoms in total. The first-order valence-corrected chi connectivity index (χ1v) is 5.04. The van der Waals surface area contributed by atoms with Crippen molar-refractivity contribution in [2.24, 2.45) is 0 Å². The maximum Gasteiger partial charge on any atom is 0.352 e. The van der Waals surface area contributed by atoms with E-state index in [1.54, 1.807) is 0 Å². The van der Waals surface area contributed by atoms with Crippen LogP contribution in [0.3, 0.4) is 0 Å². The monoisotopic (exact) mass is 213 g/mol. The van der Waals surface area contributed by atoms with E-state index in [9.17, 15) is 9.59 Å². The van der Waals surface area contributed by atoms with Gasteiger partial charge in [-0.25, -0.2) is 9.59 Å². The molecule has 0 aromatic carbocycles. The predicted octanol–water partition coefficient (Wildman–Crippen LogP) is 0.962. The summed E-state index contributed by atoms with van der Waals surface area (Å²) < 4.78 is 0. The van der Waals surface area contributed by atoms with E-state index in [0.29, 0.717) is 6.08 Å². The molecule has 0 unspecified atom stereocenters. The topological polar surface area (TPSA) is 86.6 Å². The number of nitrogens with one attached hydrogen (secondary N) is 1. The summed E-state index contributed by atoms with van der Waals surface area (Å²) in [6.45, 7) is 0. The summed E-state index contributed by atoms with van der Waals surface area (Å²) in [5.41, 5.74) is -0.227. The van der Waals surface area contributed by atoms with E-state index in [4.69, 9.17) is 10.2 Å². The summed E-state index contributed by atoms with van der Waals surface area (Å²) in [7, 11) is 0. The van der Waals surface area contributed by atoms with Gasteiger partial charge in [-0.05, 0) is 12.8 Å². The summed E-state index contributed by atoms with van der Waals surface area (Å²) in [5.74, 6) is -2.46. The molecular formula is C10H15NO4. The molecule has 15 heavy (non-hydrogen) atoms. The van der Waals surface area contributed by atoms with Crippen molar-refractivity contribution in [2.75, 3.05) is 0 Å². The molecule has 0 heterocycles. The number of hydrogen-bond donors (Lipinski definition) is 3. The van der Waals surface area contributed by atoms with Gasteiger partial charge in [-0.1, -0.05) is 19.3 Å². The summed E-state index contributed by atoms with van der Waals surface area (Å²) in [5, 5.41) is 20.0. The van der Waals surface area contributed by atoms with Crippen molar-refractivity contribution < 1.29 is 19.8 Å². The largest absolute Gasteiger partial charge is 0.478 e. The molecule has 0 aromatic rings. The molecule has 0 aliphatic heterocycles. The van der Waals surface area contributed by atoms with Crippen LogP contribution in [0, 0.1) is 0 Å². The van der Waals surface area contributed by atoms with Gasteiger partial charge in [-0.2, -0.15) is 0 Å². The Morgan fingerprint density at radius 2 is 1.73 bits per heavy atom. The third kappa shape index (κ3) is 4.01. The van der Waals surface area contributed by atoms with Crippen LogP contribution in [-0.2, 0) is 9.59 Å². The average molecular weight is 213 g/mol. The fourth-order valence-corrected chi connectivity index (χ4v) is 1.76. The van der Waals surface area contributed by atoms with Crippen LogP contribution in [-0.4, -0.2) is 28.2 Å². The molecule has 1 saturated carbocycles. The highest BCUT2D eigenvalue weighted by Crippen LogP contribution is 2.18. The molecule has 3 N–H and O–H groups in total. The fraction of sp³-hybridized carbons (Fsp3) is 0.600. The lowest BCUT2D eigenvalue weighted by molar-refractivity contribution is -0.135. The lowest BCUT2D eigenvalue weighted by Crippen LogP contribution is -2.33. The van der Waals surface area contributed by atoms with Crippen LogP contribution in [0.1, 0.15) is 32.1 Å². The van der Waals surface area contributed by atoms with Gasteiger partial charge in [0.15, 0.2) is 0 Å². The predicted molar refractivity (Wildman–Crippen MR) is 53.4 cm³/mol. The van der Waals surface area contributed by atoms with E-state index in [1.807, 2.05) is 0 Å². The van der Waals surface area contributed by atoms with Crippen molar-refractivity contribution in [3.63, 3.8) is 0 Å². The SMILES string of the molecule is O=C(O)/C=C(/NC1CCCCC1)C(=O)O. The summed E-state index contributed by atoms with van der Waals surface area (Å²) in [4.78, 5) is 21.1. The minimum Gasteiger partial charge on any atom is -0.478 e. The lowest BCUT2D eigenvalue weighted by atomic mass is 9.95. The summed E-state index contributed by atoms with van der Waals surface area (Å²) in [6, 6.07) is 0.0976. The molecule has 1 fully saturated rings. The zero-order valence-electron chi connectivity index (χ0n) is 8.40. The van der Waals surface area contributed by atoms with Gasteiger partial charge in [-0.3, -0.25) is 0 Å². The second-order valence-corrected chi connectivity index (χ2v) is 3.68. The van der Waals surface area contributed by atoms with E-state index in [1.165, 1.54) is 6.42 Å². The second-order valence-electron chi connectivity index (χ2n) is 3.68. The van der Waals surface area contributed by atoms with Crippen molar-refractivity contribution in [3.8, 4) is 0 Å². The van der Waals surface area contributed by atoms with E-state index in [-0.39, 0.29) is 11.7 Å². The van der Waals surface area contributed by atoms with E-state index in [0.717, 1.165) is 25.7 Å². The zero-order valence-corrected chi connectivity index (χ0v) is 8.40. The molecular weight excluding hydrogens is 198 g/mol. The highest BCUT2D eigenvalue weighted by atomic mass is 16.4. The van der Waals surface area contributed by atoms with Gasteiger partial charge in [0, 0.05) is 6.04 Å². The first kappa shape index (κ1) is 11.6. The molecule has 1 aliphatic carbocycles. The van der Waals surface area contributed by atoms with Gasteiger partial charge in [0.1, 0.15) is 5.70 Å². The van der Waals surface area contributed by atoms with Gasteiger partial charge < -0.3 is 15.5 Å². The van der Waals surface area contributed by atoms with Crippen LogP contribution in [0.15, 0.2) is 11.8 Å². The molecule has 0 amide bonds. The van der Waals surface area contributed by atoms with Crippen LogP contribution in [0.4, 0.5) is 0 Å². The number of carboxylic acids is 2. The van der Waals surface area contributed by atoms with Crippen LogP contribution in [0.25, 0.3) is 0 Å². The van der Waals surface area contributed by atoms with Crippen molar-refractivity contribution in [1.29, 1.82) is 0 Å². The van der Waals surface area contributed by atoms with Crippen LogP contribution in [0.5, 0.6) is 0 Å². The minimum atomic E-state index is -1.24. The number of carboxylic acid groups (broad SMARTS) is 2. The molecule has 1 rings (SSSR count). The quantitative estimate of drug-likeness (QED) is 0.605. The first-order valence-electron chi connectivity index (χ1n) is 5.04. The Morgan fingerprint density at radius 3 is 2.20 bits per heavy atom. The number of carbonyl (C=O) groups is 2. The number of aliphatic carboxylic acids is 2. The van der Waals surface area contributed by atoms with Crippen molar-refractivity contribution in [3.05, 3.63) is 11.8 Å². The van der Waals surface area contributed by atoms with Crippen LogP contribution in [0.2, 0.25) is 0 Å². The smallest absolute Gasteiger partial charge is 0.352 e. The fourth-order valence-electron chi connectivity index (χ4n) is 1.76. The van der Waals surface area contributed by atoms with Gasteiger partial charge in [0.2, 0.25) is 0 Å². The Bertz CT molecular complexity index is 279. The van der Waals surface area contributed by atoms with E-state index in [2.05, 4.69) is 5.32 Å². The Balaban J connectivity index is 2.57. The van der Waals surface area contributed by atoms with Gasteiger partial charge in [0.25, 0.3) is 0 Å². The molecule has 0 spiro atoms. The Hall–Kier alpha value is -1.52. The summed E-state index contributed by atoms with van der Waals surface area (Å²) in [6.07, 6.45) is 5.82. The zero-order chi connectivity index (χ0) is 11.3. The highest BCUT2D eigenvalue weighted by Gasteiger charge is 2.17. The molecule has 0 radical (unpaired) electrons. The Morgan fingerprint density at radius 1 is 1.13 bits per heavy atom. The van der Waals surface area contributed by atoms with Crippen LogP contribution < -0.4 is 5.32 Å². The van der Waals surface area contributed by atoms with Crippen molar-refractivity contribution in [1.82, 2.24) is 5.32 Å². The van der Waals surface area contributed by atoms with E-state index >= 15 is 0 Å². The molecule has 0 atom stereocenters. The maximum atomic E-state index is 10.7.